The third kappa shape index (κ3) is 10.0. The highest BCUT2D eigenvalue weighted by Crippen LogP contribution is 2.37. The second kappa shape index (κ2) is 15.3. The van der Waals surface area contributed by atoms with E-state index in [4.69, 9.17) is 14.2 Å². The summed E-state index contributed by atoms with van der Waals surface area (Å²) in [5.74, 6) is 0.0916. The number of nitrogens with zero attached hydrogens (tertiary/aromatic N) is 3. The van der Waals surface area contributed by atoms with Crippen molar-refractivity contribution in [2.45, 2.75) is 97.3 Å². The highest BCUT2D eigenvalue weighted by Gasteiger charge is 2.40. The molecule has 0 spiro atoms. The fraction of sp³-hybridized carbons (Fsp3) is 0.613. The number of carbonyl (C=O) groups excluding carboxylic acids is 2. The Morgan fingerprint density at radius 2 is 1.73 bits per heavy atom. The van der Waals surface area contributed by atoms with Crippen molar-refractivity contribution in [2.24, 2.45) is 0 Å². The Balaban J connectivity index is 1.65. The maximum absolute atomic E-state index is 13.0. The number of ether oxygens (including phenoxy) is 3. The molecule has 0 saturated carbocycles. The quantitative estimate of drug-likeness (QED) is 0.131. The summed E-state index contributed by atoms with van der Waals surface area (Å²) < 4.78 is 27.1. The number of rotatable bonds is 15. The van der Waals surface area contributed by atoms with Gasteiger partial charge in [0.15, 0.2) is 0 Å². The number of unbranched alkanes of at least 4 members (excludes halogenated alkanes) is 4. The van der Waals surface area contributed by atoms with Crippen LogP contribution in [0.2, 0.25) is 0 Å². The molecular weight excluding hydrogens is 526 g/mol. The average molecular weight is 573 g/mol. The van der Waals surface area contributed by atoms with Crippen LogP contribution in [0.4, 0.5) is 0 Å². The molecule has 1 aromatic heterocycles. The summed E-state index contributed by atoms with van der Waals surface area (Å²) in [6.07, 6.45) is 8.80. The van der Waals surface area contributed by atoms with Crippen molar-refractivity contribution < 1.29 is 28.3 Å². The number of aromatic nitrogens is 2. The highest BCUT2D eigenvalue weighted by atomic mass is 32.1. The Hall–Kier alpha value is -2.78. The van der Waals surface area contributed by atoms with Gasteiger partial charge in [-0.3, -0.25) is 14.1 Å². The minimum atomic E-state index is -0.504. The maximum Gasteiger partial charge on any atom is 0.310 e. The van der Waals surface area contributed by atoms with Crippen LogP contribution in [-0.2, 0) is 19.1 Å². The summed E-state index contributed by atoms with van der Waals surface area (Å²) >= 11 is 1.17. The van der Waals surface area contributed by atoms with Crippen molar-refractivity contribution >= 4 is 29.2 Å². The maximum atomic E-state index is 13.0. The highest BCUT2D eigenvalue weighted by molar-refractivity contribution is 6.99. The molecule has 0 fully saturated rings. The lowest BCUT2D eigenvalue weighted by atomic mass is 10.0. The van der Waals surface area contributed by atoms with E-state index in [0.29, 0.717) is 42.8 Å². The van der Waals surface area contributed by atoms with Crippen LogP contribution in [0.1, 0.15) is 103 Å². The van der Waals surface area contributed by atoms with Crippen LogP contribution >= 0.6 is 11.7 Å². The zero-order valence-corrected chi connectivity index (χ0v) is 25.6. The van der Waals surface area contributed by atoms with Crippen molar-refractivity contribution in [3.63, 3.8) is 0 Å². The SMILES string of the molecule is CCCCCCOc1nsnc1C1=CCC[N+](C)(C(OC(=O)CCCCC(=O)OC(C)(C)C)c2ccccc2)C1. The lowest BCUT2D eigenvalue weighted by molar-refractivity contribution is -0.953. The molecule has 1 aliphatic rings. The van der Waals surface area contributed by atoms with Crippen molar-refractivity contribution in [3.05, 3.63) is 47.7 Å². The van der Waals surface area contributed by atoms with Crippen LogP contribution in [-0.4, -0.2) is 57.5 Å². The van der Waals surface area contributed by atoms with E-state index in [9.17, 15) is 9.59 Å². The molecule has 2 unspecified atom stereocenters. The van der Waals surface area contributed by atoms with Gasteiger partial charge in [-0.05, 0) is 52.2 Å². The molecule has 0 amide bonds. The van der Waals surface area contributed by atoms with Gasteiger partial charge in [-0.2, -0.15) is 4.37 Å². The fourth-order valence-corrected chi connectivity index (χ4v) is 5.43. The number of quaternary nitrogens is 1. The van der Waals surface area contributed by atoms with Gasteiger partial charge in [0, 0.05) is 24.8 Å². The molecule has 0 bridgehead atoms. The molecule has 0 radical (unpaired) electrons. The number of benzene rings is 1. The van der Waals surface area contributed by atoms with Crippen molar-refractivity contribution in [1.82, 2.24) is 8.75 Å². The molecule has 40 heavy (non-hydrogen) atoms. The second-order valence-corrected chi connectivity index (χ2v) is 12.3. The zero-order valence-electron chi connectivity index (χ0n) is 24.8. The van der Waals surface area contributed by atoms with E-state index in [1.54, 1.807) is 0 Å². The molecule has 2 heterocycles. The summed E-state index contributed by atoms with van der Waals surface area (Å²) in [7, 11) is 2.13. The molecule has 1 aromatic carbocycles. The van der Waals surface area contributed by atoms with E-state index in [-0.39, 0.29) is 18.4 Å². The van der Waals surface area contributed by atoms with Crippen molar-refractivity contribution in [1.29, 1.82) is 0 Å². The first-order chi connectivity index (χ1) is 19.1. The molecule has 0 N–H and O–H groups in total. The summed E-state index contributed by atoms with van der Waals surface area (Å²) in [5, 5.41) is 0. The topological polar surface area (TPSA) is 87.6 Å². The Morgan fingerprint density at radius 3 is 2.42 bits per heavy atom. The first-order valence-electron chi connectivity index (χ1n) is 14.6. The third-order valence-electron chi connectivity index (χ3n) is 6.89. The first-order valence-corrected chi connectivity index (χ1v) is 15.3. The van der Waals surface area contributed by atoms with Gasteiger partial charge in [-0.25, -0.2) is 0 Å². The van der Waals surface area contributed by atoms with Crippen LogP contribution in [0.3, 0.4) is 0 Å². The molecule has 3 rings (SSSR count). The monoisotopic (exact) mass is 572 g/mol. The standard InChI is InChI=1S/C31H46N3O5S/c1-6-7-8-14-22-37-29-28(32-40-33-29)25-18-15-21-34(5,23-25)30(24-16-10-9-11-17-24)38-26(35)19-12-13-20-27(36)39-31(2,3)4/h9-11,16-18,30H,6-8,12-15,19-23H2,1-5H3/q+1. The van der Waals surface area contributed by atoms with Gasteiger partial charge < -0.3 is 14.2 Å². The van der Waals surface area contributed by atoms with Crippen LogP contribution in [0.15, 0.2) is 36.4 Å². The van der Waals surface area contributed by atoms with Crippen molar-refractivity contribution in [3.8, 4) is 5.88 Å². The molecule has 9 heteroatoms. The Bertz CT molecular complexity index is 1110. The second-order valence-electron chi connectivity index (χ2n) is 11.8. The summed E-state index contributed by atoms with van der Waals surface area (Å²) in [5.41, 5.74) is 2.32. The average Bonchev–Trinajstić information content (AvgIpc) is 3.38. The van der Waals surface area contributed by atoms with E-state index in [0.717, 1.165) is 42.6 Å². The van der Waals surface area contributed by atoms with Gasteiger partial charge >= 0.3 is 11.9 Å². The predicted octanol–water partition coefficient (Wildman–Crippen LogP) is 6.88. The third-order valence-corrected chi connectivity index (χ3v) is 7.40. The number of esters is 2. The number of hydrogen-bond donors (Lipinski definition) is 0. The molecule has 0 saturated heterocycles. The van der Waals surface area contributed by atoms with E-state index < -0.39 is 11.8 Å². The number of carbonyl (C=O) groups is 2. The van der Waals surface area contributed by atoms with E-state index in [1.807, 2.05) is 51.1 Å². The zero-order chi connectivity index (χ0) is 29.0. The minimum Gasteiger partial charge on any atom is -0.475 e. The molecule has 2 aromatic rings. The molecule has 1 aliphatic heterocycles. The van der Waals surface area contributed by atoms with Gasteiger partial charge in [0.05, 0.1) is 37.5 Å². The van der Waals surface area contributed by atoms with E-state index in [1.165, 1.54) is 24.6 Å². The van der Waals surface area contributed by atoms with Gasteiger partial charge in [-0.15, -0.1) is 4.37 Å². The molecular formula is C31H46N3O5S+. The van der Waals surface area contributed by atoms with Crippen LogP contribution < -0.4 is 4.74 Å². The van der Waals surface area contributed by atoms with Gasteiger partial charge in [-0.1, -0.05) is 50.5 Å². The van der Waals surface area contributed by atoms with E-state index in [2.05, 4.69) is 28.8 Å². The Labute approximate surface area is 243 Å². The van der Waals surface area contributed by atoms with Gasteiger partial charge in [0.25, 0.3) is 12.1 Å². The fourth-order valence-electron chi connectivity index (χ4n) is 4.89. The lowest BCUT2D eigenvalue weighted by Gasteiger charge is -2.42. The molecule has 220 valence electrons. The minimum absolute atomic E-state index is 0.241. The summed E-state index contributed by atoms with van der Waals surface area (Å²) in [6.45, 7) is 9.85. The number of likely N-dealkylation sites (N-methyl/N-ethyl adjacent to an activating group) is 1. The van der Waals surface area contributed by atoms with Crippen LogP contribution in [0.5, 0.6) is 5.88 Å². The largest absolute Gasteiger partial charge is 0.475 e. The first kappa shape index (κ1) is 31.7. The molecule has 0 aliphatic carbocycles. The van der Waals surface area contributed by atoms with Crippen molar-refractivity contribution in [2.75, 3.05) is 26.7 Å². The summed E-state index contributed by atoms with van der Waals surface area (Å²) in [6, 6.07) is 9.93. The summed E-state index contributed by atoms with van der Waals surface area (Å²) in [4.78, 5) is 25.0. The number of hydrogen-bond acceptors (Lipinski definition) is 8. The van der Waals surface area contributed by atoms with Crippen LogP contribution in [0.25, 0.3) is 5.57 Å². The molecule has 2 atom stereocenters. The van der Waals surface area contributed by atoms with E-state index >= 15 is 0 Å². The van der Waals surface area contributed by atoms with Gasteiger partial charge in [0.2, 0.25) is 0 Å². The Kier molecular flexibility index (Phi) is 12.1. The Morgan fingerprint density at radius 1 is 1.00 bits per heavy atom. The smallest absolute Gasteiger partial charge is 0.310 e. The lowest BCUT2D eigenvalue weighted by Crippen LogP contribution is -2.51. The van der Waals surface area contributed by atoms with Crippen LogP contribution in [0, 0.1) is 0 Å². The normalized spacial score (nSPS) is 18.1. The van der Waals surface area contributed by atoms with Gasteiger partial charge in [0.1, 0.15) is 17.8 Å². The predicted molar refractivity (Wildman–Crippen MR) is 158 cm³/mol. The molecule has 8 nitrogen and oxygen atoms in total.